The second-order valence-corrected chi connectivity index (χ2v) is 5.08. The maximum absolute atomic E-state index is 5.61. The number of nitrogens with two attached hydrogens (primary N) is 2. The molecule has 1 heterocycles. The van der Waals surface area contributed by atoms with Crippen LogP contribution >= 0.6 is 0 Å². The number of benzene rings is 1. The van der Waals surface area contributed by atoms with Crippen molar-refractivity contribution in [1.82, 2.24) is 4.98 Å². The fourth-order valence-corrected chi connectivity index (χ4v) is 2.83. The highest BCUT2D eigenvalue weighted by Crippen LogP contribution is 2.39. The number of rotatable bonds is 3. The summed E-state index contributed by atoms with van der Waals surface area (Å²) in [7, 11) is 1.60. The maximum Gasteiger partial charge on any atom is 0.213 e. The van der Waals surface area contributed by atoms with Crippen molar-refractivity contribution in [3.8, 4) is 17.0 Å². The Bertz CT molecular complexity index is 705. The van der Waals surface area contributed by atoms with Crippen LogP contribution in [0.1, 0.15) is 17.5 Å². The zero-order chi connectivity index (χ0) is 14.8. The Morgan fingerprint density at radius 2 is 2.10 bits per heavy atom. The molecule has 0 fully saturated rings. The standard InChI is InChI=1S/C16H18N4O/c1-21-14-9-11(7-8-19-14)13-6-5-10-3-2-4-12(10)15(13)20-16(17)18/h5-9H,2-4H2,1H3,(H4,17,18,20). The van der Waals surface area contributed by atoms with E-state index in [1.807, 2.05) is 12.1 Å². The first-order valence-electron chi connectivity index (χ1n) is 6.94. The summed E-state index contributed by atoms with van der Waals surface area (Å²) < 4.78 is 5.19. The van der Waals surface area contributed by atoms with Crippen LogP contribution in [-0.4, -0.2) is 18.1 Å². The van der Waals surface area contributed by atoms with E-state index in [0.717, 1.165) is 36.1 Å². The lowest BCUT2D eigenvalue weighted by Gasteiger charge is -2.12. The molecule has 5 heteroatoms. The molecule has 1 aliphatic rings. The van der Waals surface area contributed by atoms with E-state index in [2.05, 4.69) is 22.1 Å². The lowest BCUT2D eigenvalue weighted by Crippen LogP contribution is -2.22. The Kier molecular flexibility index (Phi) is 3.48. The van der Waals surface area contributed by atoms with Gasteiger partial charge in [0.1, 0.15) is 0 Å². The van der Waals surface area contributed by atoms with Gasteiger partial charge in [0.15, 0.2) is 5.96 Å². The second kappa shape index (κ2) is 5.44. The fourth-order valence-electron chi connectivity index (χ4n) is 2.83. The number of methoxy groups -OCH3 is 1. The molecule has 0 radical (unpaired) electrons. The molecule has 0 saturated carbocycles. The van der Waals surface area contributed by atoms with Gasteiger partial charge in [0.2, 0.25) is 5.88 Å². The Morgan fingerprint density at radius 1 is 1.24 bits per heavy atom. The van der Waals surface area contributed by atoms with Crippen molar-refractivity contribution in [2.75, 3.05) is 7.11 Å². The lowest BCUT2D eigenvalue weighted by molar-refractivity contribution is 0.398. The first-order chi connectivity index (χ1) is 10.2. The molecule has 2 aromatic rings. The lowest BCUT2D eigenvalue weighted by atomic mass is 9.98. The van der Waals surface area contributed by atoms with E-state index in [4.69, 9.17) is 16.2 Å². The minimum Gasteiger partial charge on any atom is -0.481 e. The van der Waals surface area contributed by atoms with E-state index in [1.54, 1.807) is 13.3 Å². The summed E-state index contributed by atoms with van der Waals surface area (Å²) in [4.78, 5) is 8.51. The van der Waals surface area contributed by atoms with Gasteiger partial charge in [-0.3, -0.25) is 0 Å². The van der Waals surface area contributed by atoms with E-state index in [-0.39, 0.29) is 5.96 Å². The maximum atomic E-state index is 5.61. The number of nitrogens with zero attached hydrogens (tertiary/aromatic N) is 2. The molecule has 0 bridgehead atoms. The minimum atomic E-state index is 0.0811. The summed E-state index contributed by atoms with van der Waals surface area (Å²) in [6, 6.07) is 8.06. The number of aromatic nitrogens is 1. The third-order valence-corrected chi connectivity index (χ3v) is 3.75. The van der Waals surface area contributed by atoms with Gasteiger partial charge in [-0.15, -0.1) is 0 Å². The third-order valence-electron chi connectivity index (χ3n) is 3.75. The molecule has 4 N–H and O–H groups in total. The van der Waals surface area contributed by atoms with Crippen LogP contribution in [0, 0.1) is 0 Å². The topological polar surface area (TPSA) is 86.5 Å². The predicted molar refractivity (Wildman–Crippen MR) is 83.7 cm³/mol. The summed E-state index contributed by atoms with van der Waals surface area (Å²) in [5.41, 5.74) is 16.7. The molecule has 0 aliphatic heterocycles. The number of ether oxygens (including phenoxy) is 1. The van der Waals surface area contributed by atoms with E-state index < -0.39 is 0 Å². The van der Waals surface area contributed by atoms with E-state index in [0.29, 0.717) is 5.88 Å². The monoisotopic (exact) mass is 282 g/mol. The van der Waals surface area contributed by atoms with Crippen LogP contribution in [0.2, 0.25) is 0 Å². The molecule has 0 saturated heterocycles. The first-order valence-corrected chi connectivity index (χ1v) is 6.94. The van der Waals surface area contributed by atoms with Crippen LogP contribution in [0.25, 0.3) is 11.1 Å². The van der Waals surface area contributed by atoms with Crippen molar-refractivity contribution in [3.05, 3.63) is 41.6 Å². The summed E-state index contributed by atoms with van der Waals surface area (Å²) >= 11 is 0. The van der Waals surface area contributed by atoms with Crippen LogP contribution < -0.4 is 16.2 Å². The molecule has 3 rings (SSSR count). The summed E-state index contributed by atoms with van der Waals surface area (Å²) in [5, 5.41) is 0. The molecule has 108 valence electrons. The molecule has 5 nitrogen and oxygen atoms in total. The molecule has 0 spiro atoms. The highest BCUT2D eigenvalue weighted by Gasteiger charge is 2.19. The van der Waals surface area contributed by atoms with Gasteiger partial charge in [0, 0.05) is 17.8 Å². The van der Waals surface area contributed by atoms with Gasteiger partial charge in [-0.05, 0) is 42.0 Å². The van der Waals surface area contributed by atoms with Gasteiger partial charge in [-0.2, -0.15) is 0 Å². The number of hydrogen-bond acceptors (Lipinski definition) is 3. The van der Waals surface area contributed by atoms with Crippen LogP contribution in [-0.2, 0) is 12.8 Å². The van der Waals surface area contributed by atoms with Crippen molar-refractivity contribution in [3.63, 3.8) is 0 Å². The summed E-state index contributed by atoms with van der Waals surface area (Å²) in [5.74, 6) is 0.654. The van der Waals surface area contributed by atoms with Gasteiger partial charge in [-0.25, -0.2) is 9.98 Å². The van der Waals surface area contributed by atoms with Crippen LogP contribution in [0.5, 0.6) is 5.88 Å². The van der Waals surface area contributed by atoms with E-state index >= 15 is 0 Å². The fraction of sp³-hybridized carbons (Fsp3) is 0.250. The SMILES string of the molecule is COc1cc(-c2ccc3c(c2N=C(N)N)CCC3)ccn1. The van der Waals surface area contributed by atoms with Gasteiger partial charge >= 0.3 is 0 Å². The van der Waals surface area contributed by atoms with Crippen molar-refractivity contribution >= 4 is 11.6 Å². The van der Waals surface area contributed by atoms with Crippen molar-refractivity contribution < 1.29 is 4.74 Å². The van der Waals surface area contributed by atoms with E-state index in [9.17, 15) is 0 Å². The number of guanidine groups is 1. The highest BCUT2D eigenvalue weighted by molar-refractivity contribution is 5.87. The van der Waals surface area contributed by atoms with Crippen molar-refractivity contribution in [2.45, 2.75) is 19.3 Å². The Labute approximate surface area is 123 Å². The summed E-state index contributed by atoms with van der Waals surface area (Å²) in [6.45, 7) is 0. The quantitative estimate of drug-likeness (QED) is 0.667. The van der Waals surface area contributed by atoms with E-state index in [1.165, 1.54) is 11.1 Å². The molecule has 0 amide bonds. The van der Waals surface area contributed by atoms with Crippen LogP contribution in [0.3, 0.4) is 0 Å². The van der Waals surface area contributed by atoms with Crippen LogP contribution in [0.15, 0.2) is 35.5 Å². The summed E-state index contributed by atoms with van der Waals surface area (Å²) in [6.07, 6.45) is 4.96. The van der Waals surface area contributed by atoms with Crippen molar-refractivity contribution in [2.24, 2.45) is 16.5 Å². The molecular formula is C16H18N4O. The van der Waals surface area contributed by atoms with Crippen molar-refractivity contribution in [1.29, 1.82) is 0 Å². The second-order valence-electron chi connectivity index (χ2n) is 5.08. The Morgan fingerprint density at radius 3 is 2.86 bits per heavy atom. The molecule has 0 atom stereocenters. The number of fused-ring (bicyclic) bond motifs is 1. The van der Waals surface area contributed by atoms with Gasteiger partial charge in [-0.1, -0.05) is 12.1 Å². The smallest absolute Gasteiger partial charge is 0.213 e. The molecule has 1 aromatic carbocycles. The number of aliphatic imine (C=N–C) groups is 1. The largest absolute Gasteiger partial charge is 0.481 e. The van der Waals surface area contributed by atoms with Gasteiger partial charge in [0.05, 0.1) is 12.8 Å². The molecule has 1 aliphatic carbocycles. The highest BCUT2D eigenvalue weighted by atomic mass is 16.5. The Balaban J connectivity index is 2.20. The average Bonchev–Trinajstić information content (AvgIpc) is 2.96. The zero-order valence-corrected chi connectivity index (χ0v) is 12.0. The molecular weight excluding hydrogens is 264 g/mol. The van der Waals surface area contributed by atoms with Gasteiger partial charge in [0.25, 0.3) is 0 Å². The number of hydrogen-bond donors (Lipinski definition) is 2. The third kappa shape index (κ3) is 2.54. The molecule has 0 unspecified atom stereocenters. The van der Waals surface area contributed by atoms with Gasteiger partial charge < -0.3 is 16.2 Å². The normalized spacial score (nSPS) is 12.8. The molecule has 1 aromatic heterocycles. The molecule has 21 heavy (non-hydrogen) atoms. The average molecular weight is 282 g/mol. The Hall–Kier alpha value is -2.56. The minimum absolute atomic E-state index is 0.0811. The first kappa shape index (κ1) is 13.4. The predicted octanol–water partition coefficient (Wildman–Crippen LogP) is 2.15. The zero-order valence-electron chi connectivity index (χ0n) is 12.0. The van der Waals surface area contributed by atoms with Crippen LogP contribution in [0.4, 0.5) is 5.69 Å². The number of aryl methyl sites for hydroxylation is 1. The number of pyridine rings is 1.